The number of carboxylic acids is 1. The number of imide groups is 1. The lowest BCUT2D eigenvalue weighted by Crippen LogP contribution is -2.20. The van der Waals surface area contributed by atoms with Crippen LogP contribution in [0.2, 0.25) is 0 Å². The molecule has 4 N–H and O–H groups in total. The number of aromatic carboxylic acids is 1. The predicted octanol–water partition coefficient (Wildman–Crippen LogP) is 28.5. The van der Waals surface area contributed by atoms with Crippen LogP contribution in [0.15, 0.2) is 400 Å². The van der Waals surface area contributed by atoms with Crippen LogP contribution in [-0.2, 0) is 4.79 Å². The number of ketones is 1. The summed E-state index contributed by atoms with van der Waals surface area (Å²) in [6.07, 6.45) is 0. The van der Waals surface area contributed by atoms with Gasteiger partial charge in [0.15, 0.2) is 5.78 Å². The Morgan fingerprint density at radius 2 is 0.455 bits per heavy atom. The zero-order valence-electron chi connectivity index (χ0n) is 66.3. The number of carbonyl (C=O) groups excluding carboxylic acids is 3. The van der Waals surface area contributed by atoms with E-state index in [2.05, 4.69) is 248 Å². The first kappa shape index (κ1) is 71.8. The average Bonchev–Trinajstić information content (AvgIpc) is 1.54. The number of fused-ring (bicyclic) bond motifs is 13. The Hall–Kier alpha value is -16.5. The second kappa shape index (κ2) is 28.7. The molecule has 0 aromatic heterocycles. The van der Waals surface area contributed by atoms with Crippen molar-refractivity contribution >= 4 is 116 Å². The number of carboxylic acid groups (broad SMARTS) is 1. The molecule has 0 saturated carbocycles. The third-order valence-corrected chi connectivity index (χ3v) is 25.5. The molecule has 0 unspecified atom stereocenters. The number of rotatable bonds is 10. The van der Waals surface area contributed by atoms with Crippen molar-refractivity contribution in [3.8, 4) is 122 Å². The Labute approximate surface area is 708 Å². The van der Waals surface area contributed by atoms with Crippen molar-refractivity contribution in [2.45, 2.75) is 0 Å². The van der Waals surface area contributed by atoms with Crippen LogP contribution in [-0.4, -0.2) is 28.7 Å². The molecule has 123 heavy (non-hydrogen) atoms. The molecule has 25 rings (SSSR count). The zero-order chi connectivity index (χ0) is 82.2. The fraction of sp³-hybridized carbons (Fsp3) is 0. The summed E-state index contributed by atoms with van der Waals surface area (Å²) in [6.45, 7) is 0. The summed E-state index contributed by atoms with van der Waals surface area (Å²) >= 11 is 0. The highest BCUT2D eigenvalue weighted by Crippen LogP contribution is 2.63. The van der Waals surface area contributed by atoms with Crippen molar-refractivity contribution in [3.05, 3.63) is 439 Å². The maximum Gasteiger partial charge on any atom is 0.338 e. The molecular weight excluding hydrogens is 1500 g/mol. The van der Waals surface area contributed by atoms with Crippen LogP contribution < -0.4 is 11.1 Å². The van der Waals surface area contributed by atoms with Crippen molar-refractivity contribution in [2.24, 2.45) is 0 Å². The molecule has 0 saturated heterocycles. The molecule has 574 valence electrons. The SMILES string of the molecule is Nc1c(C(=O)O)c(-c2ccccc2)c2c(c1-c1ccccc1)-c1ccc(-c3cccc4ccccc34)c3cccc-2c13.O=C1C(c2ccccc2)=C2C(=C1c1ccccc1)c1ccc(-c3cccc4ccccc34)c3cccc2c13.O=C1NC(=O)c2c1c(-c1ccccc1)c1c(c2-c2ccccc2)-c2ccc(-c3cccc4ccccc34)c3cccc-1c23. The molecular formula is C116H70N2O5. The summed E-state index contributed by atoms with van der Waals surface area (Å²) in [5.74, 6) is -1.63. The van der Waals surface area contributed by atoms with E-state index in [1.54, 1.807) is 0 Å². The van der Waals surface area contributed by atoms with E-state index < -0.39 is 5.97 Å². The third kappa shape index (κ3) is 11.1. The largest absolute Gasteiger partial charge is 0.478 e. The number of benzene rings is 20. The van der Waals surface area contributed by atoms with Crippen LogP contribution in [0, 0.1) is 0 Å². The summed E-state index contributed by atoms with van der Waals surface area (Å²) in [5.41, 5.74) is 38.0. The highest BCUT2D eigenvalue weighted by molar-refractivity contribution is 6.61. The standard InChI is InChI=1S/C40H23NO2.C39H25NO2.C37H22O/c42-39-37-32(24-12-3-1-4-13-24)35-30-20-10-19-29-28(27-18-9-16-23-11-7-8-17-26(23)27)21-22-31(34(29)30)36(35)33(38(37)40(43)41-39)25-14-5-2-6-15-25;40-38-33(25-14-5-2-6-15-25)36-31-22-21-28(27-18-9-16-23-11-7-8-17-26(23)27)29-19-10-20-30(34(29)31)35(36)32(37(38)39(41)42)24-12-3-1-4-13-24;38-37-32(24-12-3-1-4-13-24)35-30-20-10-19-29-28(27-18-9-16-23-11-7-8-17-26(23)27)21-22-31(34(29)30)36(35)33(37)25-14-5-2-6-15-25/h1-22H,(H,41,42,43);1-22H,40H2,(H,41,42);1-22H. The van der Waals surface area contributed by atoms with Gasteiger partial charge in [0.05, 0.1) is 22.4 Å². The first-order chi connectivity index (χ1) is 60.6. The van der Waals surface area contributed by atoms with Crippen LogP contribution >= 0.6 is 0 Å². The minimum Gasteiger partial charge on any atom is -0.478 e. The van der Waals surface area contributed by atoms with Gasteiger partial charge in [-0.25, -0.2) is 4.79 Å². The molecule has 1 aliphatic heterocycles. The first-order valence-corrected chi connectivity index (χ1v) is 41.5. The van der Waals surface area contributed by atoms with Gasteiger partial charge in [-0.15, -0.1) is 0 Å². The molecule has 0 atom stereocenters. The van der Waals surface area contributed by atoms with Gasteiger partial charge < -0.3 is 10.8 Å². The van der Waals surface area contributed by atoms with Crippen molar-refractivity contribution < 1.29 is 24.3 Å². The summed E-state index contributed by atoms with van der Waals surface area (Å²) < 4.78 is 0. The predicted molar refractivity (Wildman–Crippen MR) is 506 cm³/mol. The number of hydrogen-bond donors (Lipinski definition) is 3. The van der Waals surface area contributed by atoms with E-state index in [1.165, 1.54) is 65.3 Å². The molecule has 7 nitrogen and oxygen atoms in total. The Bertz CT molecular complexity index is 7890. The summed E-state index contributed by atoms with van der Waals surface area (Å²) in [5, 5.41) is 27.5. The van der Waals surface area contributed by atoms with Crippen LogP contribution in [0.25, 0.3) is 209 Å². The second-order valence-corrected chi connectivity index (χ2v) is 31.9. The lowest BCUT2D eigenvalue weighted by Gasteiger charge is -2.21. The van der Waals surface area contributed by atoms with Crippen LogP contribution in [0.3, 0.4) is 0 Å². The highest BCUT2D eigenvalue weighted by atomic mass is 16.4. The third-order valence-electron chi connectivity index (χ3n) is 25.5. The number of amides is 2. The molecule has 4 aliphatic carbocycles. The number of Topliss-reactive ketones (excluding diaryl/α,β-unsaturated/α-hetero) is 1. The number of allylic oxidation sites excluding steroid dienone is 4. The zero-order valence-corrected chi connectivity index (χ0v) is 66.3. The maximum atomic E-state index is 14.2. The number of hydrogen-bond acceptors (Lipinski definition) is 5. The Morgan fingerprint density at radius 1 is 0.211 bits per heavy atom. The van der Waals surface area contributed by atoms with Crippen LogP contribution in [0.1, 0.15) is 53.3 Å². The van der Waals surface area contributed by atoms with Crippen LogP contribution in [0.4, 0.5) is 5.69 Å². The molecule has 20 aromatic rings. The average molecular weight is 1570 g/mol. The molecule has 20 aromatic carbocycles. The van der Waals surface area contributed by atoms with Crippen molar-refractivity contribution in [3.63, 3.8) is 0 Å². The van der Waals surface area contributed by atoms with Crippen molar-refractivity contribution in [1.29, 1.82) is 0 Å². The minimum absolute atomic E-state index is 0.105. The fourth-order valence-corrected chi connectivity index (χ4v) is 20.5. The van der Waals surface area contributed by atoms with E-state index in [-0.39, 0.29) is 28.8 Å². The Morgan fingerprint density at radius 3 is 0.837 bits per heavy atom. The lowest BCUT2D eigenvalue weighted by molar-refractivity contribution is -0.108. The first-order valence-electron chi connectivity index (χ1n) is 41.5. The summed E-state index contributed by atoms with van der Waals surface area (Å²) in [4.78, 5) is 54.4. The summed E-state index contributed by atoms with van der Waals surface area (Å²) in [6, 6.07) is 138. The van der Waals surface area contributed by atoms with E-state index in [4.69, 9.17) is 5.73 Å². The van der Waals surface area contributed by atoms with E-state index in [1.807, 2.05) is 158 Å². The number of nitrogens with one attached hydrogen (secondary N) is 1. The van der Waals surface area contributed by atoms with Crippen LogP contribution in [0.5, 0.6) is 0 Å². The Balaban J connectivity index is 0.000000107. The number of nitrogen functional groups attached to an aromatic ring is 1. The number of nitrogens with two attached hydrogens (primary N) is 1. The van der Waals surface area contributed by atoms with Gasteiger partial charge in [-0.05, 0) is 181 Å². The van der Waals surface area contributed by atoms with Gasteiger partial charge >= 0.3 is 5.97 Å². The molecule has 0 radical (unpaired) electrons. The van der Waals surface area contributed by atoms with Crippen molar-refractivity contribution in [1.82, 2.24) is 5.32 Å². The minimum atomic E-state index is -1.04. The van der Waals surface area contributed by atoms with E-state index in [0.717, 1.165) is 161 Å². The van der Waals surface area contributed by atoms with E-state index in [0.29, 0.717) is 16.7 Å². The monoisotopic (exact) mass is 1570 g/mol. The molecule has 7 heteroatoms. The van der Waals surface area contributed by atoms with Gasteiger partial charge in [0.2, 0.25) is 0 Å². The molecule has 5 aliphatic rings. The fourth-order valence-electron chi connectivity index (χ4n) is 20.5. The van der Waals surface area contributed by atoms with E-state index in [9.17, 15) is 24.3 Å². The van der Waals surface area contributed by atoms with E-state index >= 15 is 0 Å². The highest BCUT2D eigenvalue weighted by Gasteiger charge is 2.44. The lowest BCUT2D eigenvalue weighted by atomic mass is 9.81. The second-order valence-electron chi connectivity index (χ2n) is 31.9. The van der Waals surface area contributed by atoms with Gasteiger partial charge in [-0.1, -0.05) is 400 Å². The normalized spacial score (nSPS) is 12.9. The number of anilines is 1. The number of carbonyl (C=O) groups is 4. The van der Waals surface area contributed by atoms with Gasteiger partial charge in [-0.2, -0.15) is 0 Å². The molecule has 0 spiro atoms. The van der Waals surface area contributed by atoms with Gasteiger partial charge in [0, 0.05) is 50.1 Å². The van der Waals surface area contributed by atoms with Gasteiger partial charge in [0.25, 0.3) is 11.8 Å². The maximum absolute atomic E-state index is 14.2. The van der Waals surface area contributed by atoms with Gasteiger partial charge in [-0.3, -0.25) is 19.7 Å². The smallest absolute Gasteiger partial charge is 0.338 e. The molecule has 0 bridgehead atoms. The van der Waals surface area contributed by atoms with Crippen molar-refractivity contribution in [2.75, 3.05) is 5.73 Å². The Kier molecular flexibility index (Phi) is 16.7. The quantitative estimate of drug-likeness (QED) is 0.0925. The molecule has 1 heterocycles. The molecule has 2 amide bonds. The topological polar surface area (TPSA) is 127 Å². The van der Waals surface area contributed by atoms with Gasteiger partial charge in [0.1, 0.15) is 0 Å². The summed E-state index contributed by atoms with van der Waals surface area (Å²) in [7, 11) is 0. The molecule has 0 fully saturated rings.